The van der Waals surface area contributed by atoms with Crippen LogP contribution in [0.2, 0.25) is 0 Å². The van der Waals surface area contributed by atoms with Crippen molar-refractivity contribution in [1.29, 1.82) is 0 Å². The average molecular weight is 442 g/mol. The highest BCUT2D eigenvalue weighted by Crippen LogP contribution is 2.49. The second kappa shape index (κ2) is 10.1. The predicted molar refractivity (Wildman–Crippen MR) is 122 cm³/mol. The van der Waals surface area contributed by atoms with Gasteiger partial charge in [-0.15, -0.1) is 0 Å². The molecule has 172 valence electrons. The van der Waals surface area contributed by atoms with Crippen molar-refractivity contribution in [3.63, 3.8) is 0 Å². The van der Waals surface area contributed by atoms with E-state index < -0.39 is 6.10 Å². The lowest BCUT2D eigenvalue weighted by molar-refractivity contribution is 0.153. The Morgan fingerprint density at radius 1 is 1.03 bits per heavy atom. The number of nitrogens with zero attached hydrogens (tertiary/aromatic N) is 1. The molecule has 4 rings (SSSR count). The monoisotopic (exact) mass is 441 g/mol. The van der Waals surface area contributed by atoms with Crippen LogP contribution in [0.1, 0.15) is 36.5 Å². The van der Waals surface area contributed by atoms with Crippen molar-refractivity contribution in [2.45, 2.75) is 31.8 Å². The van der Waals surface area contributed by atoms with Gasteiger partial charge in [0.05, 0.1) is 37.5 Å². The fourth-order valence-electron chi connectivity index (χ4n) is 4.43. The fourth-order valence-corrected chi connectivity index (χ4v) is 4.43. The smallest absolute Gasteiger partial charge is 0.205 e. The molecular weight excluding hydrogens is 410 g/mol. The molecule has 2 aromatic carbocycles. The number of hydrogen-bond donors (Lipinski definition) is 2. The van der Waals surface area contributed by atoms with Gasteiger partial charge in [0.1, 0.15) is 18.1 Å². The molecule has 7 nitrogen and oxygen atoms in total. The first kappa shape index (κ1) is 22.3. The van der Waals surface area contributed by atoms with Crippen molar-refractivity contribution in [2.75, 3.05) is 40.5 Å². The van der Waals surface area contributed by atoms with E-state index in [0.29, 0.717) is 53.2 Å². The van der Waals surface area contributed by atoms with Crippen LogP contribution in [0.3, 0.4) is 0 Å². The summed E-state index contributed by atoms with van der Waals surface area (Å²) in [6.45, 7) is 3.42. The van der Waals surface area contributed by atoms with E-state index >= 15 is 0 Å². The SMILES string of the molecule is COc1c(C(O)CCc2ccccc2O)c(OCCN2CCCC2)c(OC)c2occc12. The maximum atomic E-state index is 11.3. The number of phenols is 1. The van der Waals surface area contributed by atoms with Crippen LogP contribution in [0.5, 0.6) is 23.0 Å². The number of ether oxygens (including phenoxy) is 3. The molecule has 0 amide bonds. The molecule has 1 aliphatic rings. The van der Waals surface area contributed by atoms with Crippen molar-refractivity contribution >= 4 is 11.0 Å². The highest BCUT2D eigenvalue weighted by atomic mass is 16.5. The van der Waals surface area contributed by atoms with Crippen molar-refractivity contribution in [1.82, 2.24) is 4.90 Å². The Balaban J connectivity index is 1.66. The third kappa shape index (κ3) is 4.49. The number of phenolic OH excluding ortho intramolecular Hbond substituents is 1. The van der Waals surface area contributed by atoms with Crippen LogP contribution in [0.15, 0.2) is 41.0 Å². The second-order valence-corrected chi connectivity index (χ2v) is 8.05. The van der Waals surface area contributed by atoms with Gasteiger partial charge in [-0.2, -0.15) is 0 Å². The Morgan fingerprint density at radius 2 is 1.78 bits per heavy atom. The van der Waals surface area contributed by atoms with E-state index in [0.717, 1.165) is 25.2 Å². The number of para-hydroxylation sites is 1. The summed E-state index contributed by atoms with van der Waals surface area (Å²) in [6, 6.07) is 8.95. The van der Waals surface area contributed by atoms with Gasteiger partial charge >= 0.3 is 0 Å². The van der Waals surface area contributed by atoms with E-state index in [1.165, 1.54) is 12.8 Å². The molecular formula is C25H31NO6. The first-order valence-electron chi connectivity index (χ1n) is 11.1. The summed E-state index contributed by atoms with van der Waals surface area (Å²) in [6.07, 6.45) is 3.98. The van der Waals surface area contributed by atoms with Crippen molar-refractivity contribution in [2.24, 2.45) is 0 Å². The molecule has 0 saturated carbocycles. The second-order valence-electron chi connectivity index (χ2n) is 8.05. The van der Waals surface area contributed by atoms with Crippen molar-refractivity contribution in [3.05, 3.63) is 47.7 Å². The van der Waals surface area contributed by atoms with Gasteiger partial charge in [-0.1, -0.05) is 18.2 Å². The highest BCUT2D eigenvalue weighted by molar-refractivity contribution is 5.93. The highest BCUT2D eigenvalue weighted by Gasteiger charge is 2.29. The zero-order valence-electron chi connectivity index (χ0n) is 18.7. The predicted octanol–water partition coefficient (Wildman–Crippen LogP) is 4.30. The van der Waals surface area contributed by atoms with Crippen LogP contribution < -0.4 is 14.2 Å². The van der Waals surface area contributed by atoms with E-state index in [1.54, 1.807) is 38.7 Å². The standard InChI is InChI=1S/C25H31NO6/c1-29-22-18-11-15-31-23(18)25(30-2)24(32-16-14-26-12-5-6-13-26)21(22)20(28)10-9-17-7-3-4-8-19(17)27/h3-4,7-8,11,15,20,27-28H,5-6,9-10,12-14,16H2,1-2H3. The third-order valence-corrected chi connectivity index (χ3v) is 6.08. The van der Waals surface area contributed by atoms with Gasteiger partial charge in [0.2, 0.25) is 5.75 Å². The molecule has 7 heteroatoms. The maximum absolute atomic E-state index is 11.3. The lowest BCUT2D eigenvalue weighted by atomic mass is 9.97. The van der Waals surface area contributed by atoms with Crippen LogP contribution in [-0.4, -0.2) is 55.6 Å². The molecule has 1 aliphatic heterocycles. The first-order chi connectivity index (χ1) is 15.6. The Kier molecular flexibility index (Phi) is 7.07. The molecule has 1 atom stereocenters. The van der Waals surface area contributed by atoms with Crippen LogP contribution >= 0.6 is 0 Å². The number of rotatable bonds is 10. The molecule has 0 aliphatic carbocycles. The number of fused-ring (bicyclic) bond motifs is 1. The Labute approximate surface area is 188 Å². The quantitative estimate of drug-likeness (QED) is 0.485. The number of methoxy groups -OCH3 is 2. The number of benzene rings is 2. The summed E-state index contributed by atoms with van der Waals surface area (Å²) >= 11 is 0. The van der Waals surface area contributed by atoms with Crippen LogP contribution in [0.4, 0.5) is 0 Å². The number of hydrogen-bond acceptors (Lipinski definition) is 7. The van der Waals surface area contributed by atoms with Gasteiger partial charge < -0.3 is 28.8 Å². The van der Waals surface area contributed by atoms with Gasteiger partial charge in [-0.05, 0) is 56.5 Å². The largest absolute Gasteiger partial charge is 0.508 e. The molecule has 1 saturated heterocycles. The molecule has 2 N–H and O–H groups in total. The summed E-state index contributed by atoms with van der Waals surface area (Å²) in [4.78, 5) is 2.36. The van der Waals surface area contributed by atoms with Crippen LogP contribution in [-0.2, 0) is 6.42 Å². The fraction of sp³-hybridized carbons (Fsp3) is 0.440. The zero-order chi connectivity index (χ0) is 22.5. The number of aliphatic hydroxyl groups excluding tert-OH is 1. The molecule has 0 spiro atoms. The van der Waals surface area contributed by atoms with Crippen molar-refractivity contribution < 1.29 is 28.8 Å². The molecule has 1 aromatic heterocycles. The third-order valence-electron chi connectivity index (χ3n) is 6.08. The minimum atomic E-state index is -0.889. The van der Waals surface area contributed by atoms with Gasteiger partial charge in [0.15, 0.2) is 11.3 Å². The minimum absolute atomic E-state index is 0.219. The molecule has 1 fully saturated rings. The average Bonchev–Trinajstić information content (AvgIpc) is 3.49. The summed E-state index contributed by atoms with van der Waals surface area (Å²) in [5.41, 5.74) is 1.84. The van der Waals surface area contributed by atoms with E-state index in [2.05, 4.69) is 4.90 Å². The first-order valence-corrected chi connectivity index (χ1v) is 11.1. The Bertz CT molecular complexity index is 1040. The van der Waals surface area contributed by atoms with E-state index in [1.807, 2.05) is 12.1 Å². The molecule has 1 unspecified atom stereocenters. The van der Waals surface area contributed by atoms with Crippen LogP contribution in [0, 0.1) is 0 Å². The normalized spacial score (nSPS) is 15.2. The summed E-state index contributed by atoms with van der Waals surface area (Å²) in [7, 11) is 3.14. The molecule has 0 bridgehead atoms. The van der Waals surface area contributed by atoms with Gasteiger partial charge in [0, 0.05) is 6.54 Å². The lowest BCUT2D eigenvalue weighted by Gasteiger charge is -2.23. The lowest BCUT2D eigenvalue weighted by Crippen LogP contribution is -2.25. The van der Waals surface area contributed by atoms with E-state index in [9.17, 15) is 10.2 Å². The van der Waals surface area contributed by atoms with E-state index in [4.69, 9.17) is 18.6 Å². The molecule has 0 radical (unpaired) electrons. The number of furan rings is 1. The minimum Gasteiger partial charge on any atom is -0.508 e. The van der Waals surface area contributed by atoms with Gasteiger partial charge in [0.25, 0.3) is 0 Å². The van der Waals surface area contributed by atoms with Crippen LogP contribution in [0.25, 0.3) is 11.0 Å². The molecule has 32 heavy (non-hydrogen) atoms. The van der Waals surface area contributed by atoms with Gasteiger partial charge in [-0.25, -0.2) is 0 Å². The maximum Gasteiger partial charge on any atom is 0.205 e. The molecule has 2 heterocycles. The number of likely N-dealkylation sites (tertiary alicyclic amines) is 1. The topological polar surface area (TPSA) is 84.5 Å². The summed E-state index contributed by atoms with van der Waals surface area (Å²) in [5, 5.41) is 22.1. The van der Waals surface area contributed by atoms with E-state index in [-0.39, 0.29) is 5.75 Å². The number of aliphatic hydroxyl groups is 1. The zero-order valence-corrected chi connectivity index (χ0v) is 18.7. The summed E-state index contributed by atoms with van der Waals surface area (Å²) < 4.78 is 23.3. The Morgan fingerprint density at radius 3 is 2.50 bits per heavy atom. The summed E-state index contributed by atoms with van der Waals surface area (Å²) in [5.74, 6) is 1.62. The van der Waals surface area contributed by atoms with Gasteiger partial charge in [-0.3, -0.25) is 4.90 Å². The Hall–Kier alpha value is -2.90. The molecule has 3 aromatic rings. The number of aromatic hydroxyl groups is 1. The van der Waals surface area contributed by atoms with Crippen molar-refractivity contribution in [3.8, 4) is 23.0 Å². The number of aryl methyl sites for hydroxylation is 1.